The summed E-state index contributed by atoms with van der Waals surface area (Å²) in [6, 6.07) is 4.46. The van der Waals surface area contributed by atoms with E-state index in [1.54, 1.807) is 17.3 Å². The highest BCUT2D eigenvalue weighted by atomic mass is 32.1. The molecule has 3 rings (SSSR count). The second-order valence-corrected chi connectivity index (χ2v) is 8.75. The maximum absolute atomic E-state index is 12.6. The van der Waals surface area contributed by atoms with Crippen LogP contribution >= 0.6 is 11.3 Å². The number of anilines is 1. The lowest BCUT2D eigenvalue weighted by molar-refractivity contribution is 0.0650. The molecule has 3 heterocycles. The number of aromatic nitrogens is 3. The van der Waals surface area contributed by atoms with Crippen LogP contribution in [0.25, 0.3) is 10.7 Å². The molecule has 0 N–H and O–H groups in total. The van der Waals surface area contributed by atoms with Crippen molar-refractivity contribution in [2.75, 3.05) is 18.5 Å². The van der Waals surface area contributed by atoms with E-state index in [1.165, 1.54) is 30.6 Å². The van der Waals surface area contributed by atoms with E-state index < -0.39 is 0 Å². The predicted molar refractivity (Wildman–Crippen MR) is 106 cm³/mol. The lowest BCUT2D eigenvalue weighted by Crippen LogP contribution is -2.42. The summed E-state index contributed by atoms with van der Waals surface area (Å²) in [6.45, 7) is 9.28. The van der Waals surface area contributed by atoms with E-state index in [2.05, 4.69) is 27.0 Å². The second kappa shape index (κ2) is 7.31. The SMILES string of the molecule is CC1CCCCN1c1ccc(-c2nc(C(=O)N(C)C(C)(C)C)cs2)nn1. The Bertz CT molecular complexity index is 765. The molecule has 6 nitrogen and oxygen atoms in total. The summed E-state index contributed by atoms with van der Waals surface area (Å²) >= 11 is 1.43. The third-order valence-electron chi connectivity index (χ3n) is 5.00. The fourth-order valence-corrected chi connectivity index (χ4v) is 3.75. The molecule has 1 aliphatic heterocycles. The first kappa shape index (κ1) is 18.8. The van der Waals surface area contributed by atoms with E-state index in [0.29, 0.717) is 17.4 Å². The molecule has 2 aromatic heterocycles. The van der Waals surface area contributed by atoms with Gasteiger partial charge in [-0.2, -0.15) is 0 Å². The molecule has 1 aliphatic rings. The van der Waals surface area contributed by atoms with Crippen LogP contribution in [0.2, 0.25) is 0 Å². The van der Waals surface area contributed by atoms with Gasteiger partial charge >= 0.3 is 0 Å². The number of hydrogen-bond acceptors (Lipinski definition) is 6. The Morgan fingerprint density at radius 1 is 1.27 bits per heavy atom. The maximum atomic E-state index is 12.6. The Kier molecular flexibility index (Phi) is 5.27. The Labute approximate surface area is 159 Å². The van der Waals surface area contributed by atoms with Crippen LogP contribution in [0.3, 0.4) is 0 Å². The summed E-state index contributed by atoms with van der Waals surface area (Å²) in [7, 11) is 1.80. The van der Waals surface area contributed by atoms with Crippen LogP contribution in [0.4, 0.5) is 5.82 Å². The van der Waals surface area contributed by atoms with Gasteiger partial charge in [0.15, 0.2) is 5.82 Å². The van der Waals surface area contributed by atoms with Gasteiger partial charge in [-0.3, -0.25) is 4.79 Å². The summed E-state index contributed by atoms with van der Waals surface area (Å²) in [5.74, 6) is 0.841. The van der Waals surface area contributed by atoms with Crippen LogP contribution in [-0.2, 0) is 0 Å². The highest BCUT2D eigenvalue weighted by Crippen LogP contribution is 2.26. The summed E-state index contributed by atoms with van der Waals surface area (Å²) in [6.07, 6.45) is 3.68. The van der Waals surface area contributed by atoms with Crippen molar-refractivity contribution in [3.63, 3.8) is 0 Å². The average Bonchev–Trinajstić information content (AvgIpc) is 3.10. The van der Waals surface area contributed by atoms with Crippen LogP contribution in [0.5, 0.6) is 0 Å². The number of amides is 1. The van der Waals surface area contributed by atoms with Crippen LogP contribution < -0.4 is 4.90 Å². The summed E-state index contributed by atoms with van der Waals surface area (Å²) in [4.78, 5) is 21.1. The van der Waals surface area contributed by atoms with E-state index in [1.807, 2.05) is 32.9 Å². The Morgan fingerprint density at radius 2 is 2.04 bits per heavy atom. The zero-order chi connectivity index (χ0) is 18.9. The fourth-order valence-electron chi connectivity index (χ4n) is 3.00. The molecule has 1 unspecified atom stereocenters. The molecule has 1 fully saturated rings. The van der Waals surface area contributed by atoms with Gasteiger partial charge < -0.3 is 9.80 Å². The molecule has 1 amide bonds. The molecule has 0 aliphatic carbocycles. The molecule has 0 bridgehead atoms. The smallest absolute Gasteiger partial charge is 0.273 e. The maximum Gasteiger partial charge on any atom is 0.273 e. The first-order valence-electron chi connectivity index (χ1n) is 9.12. The van der Waals surface area contributed by atoms with E-state index in [4.69, 9.17) is 0 Å². The number of nitrogens with zero attached hydrogens (tertiary/aromatic N) is 5. The highest BCUT2D eigenvalue weighted by Gasteiger charge is 2.25. The zero-order valence-corrected chi connectivity index (χ0v) is 17.0. The van der Waals surface area contributed by atoms with Gasteiger partial charge in [0.1, 0.15) is 16.4 Å². The molecule has 0 saturated carbocycles. The number of carbonyl (C=O) groups excluding carboxylic acids is 1. The van der Waals surface area contributed by atoms with Crippen molar-refractivity contribution in [3.05, 3.63) is 23.2 Å². The molecular formula is C19H27N5OS. The summed E-state index contributed by atoms with van der Waals surface area (Å²) in [5.41, 5.74) is 0.923. The molecule has 0 aromatic carbocycles. The van der Waals surface area contributed by atoms with Gasteiger partial charge in [0, 0.05) is 30.6 Å². The molecule has 140 valence electrons. The highest BCUT2D eigenvalue weighted by molar-refractivity contribution is 7.13. The molecule has 7 heteroatoms. The number of piperidine rings is 1. The van der Waals surface area contributed by atoms with Crippen molar-refractivity contribution in [1.29, 1.82) is 0 Å². The second-order valence-electron chi connectivity index (χ2n) is 7.89. The third-order valence-corrected chi connectivity index (χ3v) is 5.87. The molecule has 0 spiro atoms. The van der Waals surface area contributed by atoms with E-state index in [9.17, 15) is 4.79 Å². The van der Waals surface area contributed by atoms with Crippen molar-refractivity contribution >= 4 is 23.1 Å². The number of carbonyl (C=O) groups is 1. The normalized spacial score (nSPS) is 18.0. The van der Waals surface area contributed by atoms with E-state index in [0.717, 1.165) is 17.4 Å². The van der Waals surface area contributed by atoms with Crippen molar-refractivity contribution < 1.29 is 4.79 Å². The van der Waals surface area contributed by atoms with Crippen molar-refractivity contribution in [2.24, 2.45) is 0 Å². The number of hydrogen-bond donors (Lipinski definition) is 0. The molecule has 1 atom stereocenters. The quantitative estimate of drug-likeness (QED) is 0.818. The first-order chi connectivity index (χ1) is 12.3. The Hall–Kier alpha value is -2.02. The van der Waals surface area contributed by atoms with E-state index in [-0.39, 0.29) is 11.4 Å². The lowest BCUT2D eigenvalue weighted by Gasteiger charge is -2.33. The lowest BCUT2D eigenvalue weighted by atomic mass is 10.0. The molecule has 0 radical (unpaired) electrons. The van der Waals surface area contributed by atoms with Gasteiger partial charge in [0.2, 0.25) is 0 Å². The summed E-state index contributed by atoms with van der Waals surface area (Å²) < 4.78 is 0. The predicted octanol–water partition coefficient (Wildman–Crippen LogP) is 3.85. The van der Waals surface area contributed by atoms with Crippen LogP contribution in [-0.4, -0.2) is 51.2 Å². The zero-order valence-electron chi connectivity index (χ0n) is 16.2. The first-order valence-corrected chi connectivity index (χ1v) is 10.00. The third kappa shape index (κ3) is 3.87. The van der Waals surface area contributed by atoms with Gasteiger partial charge in [0.25, 0.3) is 5.91 Å². The molecule has 1 saturated heterocycles. The Balaban J connectivity index is 1.76. The van der Waals surface area contributed by atoms with Crippen LogP contribution in [0.15, 0.2) is 17.5 Å². The van der Waals surface area contributed by atoms with Crippen molar-refractivity contribution in [2.45, 2.75) is 58.5 Å². The topological polar surface area (TPSA) is 62.2 Å². The molecular weight excluding hydrogens is 346 g/mol. The number of rotatable bonds is 3. The minimum absolute atomic E-state index is 0.0771. The molecule has 26 heavy (non-hydrogen) atoms. The molecule has 2 aromatic rings. The van der Waals surface area contributed by atoms with Gasteiger partial charge in [0.05, 0.1) is 0 Å². The van der Waals surface area contributed by atoms with Crippen molar-refractivity contribution in [1.82, 2.24) is 20.1 Å². The van der Waals surface area contributed by atoms with Crippen LogP contribution in [0.1, 0.15) is 57.4 Å². The fraction of sp³-hybridized carbons (Fsp3) is 0.579. The monoisotopic (exact) mass is 373 g/mol. The standard InChI is InChI=1S/C19H27N5OS/c1-13-8-6-7-11-24(13)16-10-9-14(21-22-16)17-20-15(12-26-17)18(25)23(5)19(2,3)4/h9-10,12-13H,6-8,11H2,1-5H3. The average molecular weight is 374 g/mol. The van der Waals surface area contributed by atoms with Crippen LogP contribution in [0, 0.1) is 0 Å². The summed E-state index contributed by atoms with van der Waals surface area (Å²) in [5, 5.41) is 11.3. The minimum atomic E-state index is -0.243. The van der Waals surface area contributed by atoms with Gasteiger partial charge in [-0.15, -0.1) is 21.5 Å². The Morgan fingerprint density at radius 3 is 2.65 bits per heavy atom. The largest absolute Gasteiger partial charge is 0.352 e. The van der Waals surface area contributed by atoms with E-state index >= 15 is 0 Å². The number of thiazole rings is 1. The van der Waals surface area contributed by atoms with Gasteiger partial charge in [-0.05, 0) is 59.1 Å². The van der Waals surface area contributed by atoms with Gasteiger partial charge in [-0.25, -0.2) is 4.98 Å². The van der Waals surface area contributed by atoms with Crippen molar-refractivity contribution in [3.8, 4) is 10.7 Å². The van der Waals surface area contributed by atoms with Gasteiger partial charge in [-0.1, -0.05) is 0 Å². The minimum Gasteiger partial charge on any atom is -0.352 e.